The molecule has 0 heterocycles. The molecule has 0 atom stereocenters. The molecule has 0 aliphatic carbocycles. The van der Waals surface area contributed by atoms with E-state index in [-0.39, 0.29) is 5.56 Å². The van der Waals surface area contributed by atoms with Crippen LogP contribution in [-0.4, -0.2) is 18.2 Å². The summed E-state index contributed by atoms with van der Waals surface area (Å²) >= 11 is 0. The molecular formula is C25H20O3. The molecule has 3 nitrogen and oxygen atoms in total. The van der Waals surface area contributed by atoms with Gasteiger partial charge in [0.15, 0.2) is 0 Å². The first-order valence-electron chi connectivity index (χ1n) is 8.84. The van der Waals surface area contributed by atoms with Crippen LogP contribution in [-0.2, 0) is 0 Å². The average Bonchev–Trinajstić information content (AvgIpc) is 2.72. The van der Waals surface area contributed by atoms with E-state index in [9.17, 15) is 4.79 Å². The highest BCUT2D eigenvalue weighted by Crippen LogP contribution is 2.32. The van der Waals surface area contributed by atoms with Crippen LogP contribution < -0.4 is 4.74 Å². The minimum Gasteiger partial charge on any atom is -0.496 e. The normalized spacial score (nSPS) is 10.4. The molecule has 0 saturated heterocycles. The van der Waals surface area contributed by atoms with E-state index in [4.69, 9.17) is 9.84 Å². The first kappa shape index (κ1) is 19.0. The highest BCUT2D eigenvalue weighted by atomic mass is 16.5. The molecule has 0 aromatic heterocycles. The molecule has 3 rings (SSSR count). The SMILES string of the molecule is COc1cccc(-c2ccc(C)cc2)c1/C=C/C#Cc1ccc(C(=O)O)cc1. The van der Waals surface area contributed by atoms with Crippen molar-refractivity contribution in [3.8, 4) is 28.7 Å². The summed E-state index contributed by atoms with van der Waals surface area (Å²) in [4.78, 5) is 10.9. The van der Waals surface area contributed by atoms with E-state index < -0.39 is 5.97 Å². The van der Waals surface area contributed by atoms with Crippen LogP contribution >= 0.6 is 0 Å². The van der Waals surface area contributed by atoms with Gasteiger partial charge in [-0.15, -0.1) is 0 Å². The van der Waals surface area contributed by atoms with Crippen LogP contribution in [0.2, 0.25) is 0 Å². The fourth-order valence-electron chi connectivity index (χ4n) is 2.82. The monoisotopic (exact) mass is 368 g/mol. The zero-order valence-electron chi connectivity index (χ0n) is 15.8. The molecule has 0 bridgehead atoms. The molecule has 0 fully saturated rings. The summed E-state index contributed by atoms with van der Waals surface area (Å²) in [5.41, 5.74) is 5.36. The molecule has 3 aromatic carbocycles. The van der Waals surface area contributed by atoms with Gasteiger partial charge in [0.05, 0.1) is 12.7 Å². The van der Waals surface area contributed by atoms with Crippen molar-refractivity contribution < 1.29 is 14.6 Å². The quantitative estimate of drug-likeness (QED) is 0.624. The topological polar surface area (TPSA) is 46.5 Å². The molecule has 0 spiro atoms. The van der Waals surface area contributed by atoms with Crippen molar-refractivity contribution in [3.05, 3.63) is 95.1 Å². The summed E-state index contributed by atoms with van der Waals surface area (Å²) in [6, 6.07) is 20.8. The van der Waals surface area contributed by atoms with Crippen molar-refractivity contribution in [2.75, 3.05) is 7.11 Å². The Morgan fingerprint density at radius 2 is 1.71 bits per heavy atom. The lowest BCUT2D eigenvalue weighted by Crippen LogP contribution is -1.94. The first-order valence-corrected chi connectivity index (χ1v) is 8.84. The summed E-state index contributed by atoms with van der Waals surface area (Å²) in [5.74, 6) is 5.85. The minimum absolute atomic E-state index is 0.248. The lowest BCUT2D eigenvalue weighted by Gasteiger charge is -2.11. The summed E-state index contributed by atoms with van der Waals surface area (Å²) in [6.45, 7) is 2.06. The van der Waals surface area contributed by atoms with Crippen LogP contribution in [0.25, 0.3) is 17.2 Å². The highest BCUT2D eigenvalue weighted by molar-refractivity contribution is 5.87. The van der Waals surface area contributed by atoms with Crippen LogP contribution in [0.5, 0.6) is 5.75 Å². The Kier molecular flexibility index (Phi) is 5.94. The largest absolute Gasteiger partial charge is 0.496 e. The zero-order valence-corrected chi connectivity index (χ0v) is 15.8. The Morgan fingerprint density at radius 1 is 1.00 bits per heavy atom. The van der Waals surface area contributed by atoms with Gasteiger partial charge < -0.3 is 9.84 Å². The second kappa shape index (κ2) is 8.75. The van der Waals surface area contributed by atoms with Crippen molar-refractivity contribution >= 4 is 12.0 Å². The van der Waals surface area contributed by atoms with E-state index in [1.165, 1.54) is 5.56 Å². The number of allylic oxidation sites excluding steroid dienone is 1. The van der Waals surface area contributed by atoms with Crippen molar-refractivity contribution in [2.45, 2.75) is 6.92 Å². The van der Waals surface area contributed by atoms with E-state index in [0.717, 1.165) is 28.0 Å². The summed E-state index contributed by atoms with van der Waals surface area (Å²) in [7, 11) is 1.65. The molecule has 1 N–H and O–H groups in total. The van der Waals surface area contributed by atoms with Gasteiger partial charge in [0.25, 0.3) is 0 Å². The number of aryl methyl sites for hydroxylation is 1. The number of rotatable bonds is 4. The Bertz CT molecular complexity index is 1060. The molecule has 0 unspecified atom stereocenters. The van der Waals surface area contributed by atoms with E-state index in [1.807, 2.05) is 18.2 Å². The van der Waals surface area contributed by atoms with E-state index >= 15 is 0 Å². The smallest absolute Gasteiger partial charge is 0.335 e. The molecule has 28 heavy (non-hydrogen) atoms. The van der Waals surface area contributed by atoms with Crippen LogP contribution in [0.4, 0.5) is 0 Å². The Morgan fingerprint density at radius 3 is 2.36 bits per heavy atom. The fraction of sp³-hybridized carbons (Fsp3) is 0.0800. The predicted octanol–water partition coefficient (Wildman–Crippen LogP) is 5.43. The Labute approximate surface area is 164 Å². The highest BCUT2D eigenvalue weighted by Gasteiger charge is 2.08. The number of carboxylic acid groups (broad SMARTS) is 1. The Hall–Kier alpha value is -3.77. The fourth-order valence-corrected chi connectivity index (χ4v) is 2.82. The van der Waals surface area contributed by atoms with Gasteiger partial charge in [-0.05, 0) is 60.5 Å². The van der Waals surface area contributed by atoms with E-state index in [2.05, 4.69) is 49.1 Å². The van der Waals surface area contributed by atoms with E-state index in [1.54, 1.807) is 37.5 Å². The molecular weight excluding hydrogens is 348 g/mol. The summed E-state index contributed by atoms with van der Waals surface area (Å²) < 4.78 is 5.53. The average molecular weight is 368 g/mol. The van der Waals surface area contributed by atoms with E-state index in [0.29, 0.717) is 0 Å². The van der Waals surface area contributed by atoms with Gasteiger partial charge in [0.2, 0.25) is 0 Å². The third-order valence-electron chi connectivity index (χ3n) is 4.33. The number of carbonyl (C=O) groups is 1. The van der Waals surface area contributed by atoms with Gasteiger partial charge in [-0.25, -0.2) is 4.79 Å². The molecule has 0 radical (unpaired) electrons. The number of hydrogen-bond acceptors (Lipinski definition) is 2. The van der Waals surface area contributed by atoms with Crippen LogP contribution in [0, 0.1) is 18.8 Å². The minimum atomic E-state index is -0.945. The second-order valence-electron chi connectivity index (χ2n) is 6.27. The van der Waals surface area contributed by atoms with Crippen LogP contribution in [0.3, 0.4) is 0 Å². The summed E-state index contributed by atoms with van der Waals surface area (Å²) in [6.07, 6.45) is 3.72. The molecule has 138 valence electrons. The van der Waals surface area contributed by atoms with Gasteiger partial charge in [-0.2, -0.15) is 0 Å². The van der Waals surface area contributed by atoms with Crippen molar-refractivity contribution in [1.29, 1.82) is 0 Å². The third-order valence-corrected chi connectivity index (χ3v) is 4.33. The van der Waals surface area contributed by atoms with Crippen molar-refractivity contribution in [3.63, 3.8) is 0 Å². The van der Waals surface area contributed by atoms with Crippen molar-refractivity contribution in [1.82, 2.24) is 0 Å². The number of benzene rings is 3. The van der Waals surface area contributed by atoms with Gasteiger partial charge >= 0.3 is 5.97 Å². The number of carboxylic acids is 1. The van der Waals surface area contributed by atoms with Gasteiger partial charge in [-0.3, -0.25) is 0 Å². The third kappa shape index (κ3) is 4.49. The lowest BCUT2D eigenvalue weighted by atomic mass is 9.97. The standard InChI is InChI=1S/C25H20O3/c1-18-10-14-20(15-11-18)22-8-5-9-24(28-2)23(22)7-4-3-6-19-12-16-21(17-13-19)25(26)27/h4-5,7-17H,1-2H3,(H,26,27)/b7-4+. The number of methoxy groups -OCH3 is 1. The van der Waals surface area contributed by atoms with Crippen molar-refractivity contribution in [2.24, 2.45) is 0 Å². The molecule has 3 heteroatoms. The maximum Gasteiger partial charge on any atom is 0.335 e. The van der Waals surface area contributed by atoms with Gasteiger partial charge in [-0.1, -0.05) is 53.8 Å². The molecule has 0 aliphatic heterocycles. The molecule has 0 aliphatic rings. The molecule has 0 saturated carbocycles. The molecule has 0 amide bonds. The predicted molar refractivity (Wildman–Crippen MR) is 112 cm³/mol. The zero-order chi connectivity index (χ0) is 19.9. The van der Waals surface area contributed by atoms with Crippen LogP contribution in [0.15, 0.2) is 72.8 Å². The van der Waals surface area contributed by atoms with Gasteiger partial charge in [0, 0.05) is 11.1 Å². The maximum atomic E-state index is 10.9. The lowest BCUT2D eigenvalue weighted by molar-refractivity contribution is 0.0697. The summed E-state index contributed by atoms with van der Waals surface area (Å²) in [5, 5.41) is 8.94. The van der Waals surface area contributed by atoms with Gasteiger partial charge in [0.1, 0.15) is 5.75 Å². The second-order valence-corrected chi connectivity index (χ2v) is 6.27. The number of ether oxygens (including phenoxy) is 1. The Balaban J connectivity index is 1.89. The van der Waals surface area contributed by atoms with Crippen LogP contribution in [0.1, 0.15) is 27.0 Å². The molecule has 3 aromatic rings. The first-order chi connectivity index (χ1) is 13.6. The number of hydrogen-bond donors (Lipinski definition) is 1. The number of aromatic carboxylic acids is 1. The maximum absolute atomic E-state index is 10.9.